The fraction of sp³-hybridized carbons (Fsp3) is 1.00. The molecular formula is C9H18ClN. The summed E-state index contributed by atoms with van der Waals surface area (Å²) < 4.78 is 0. The van der Waals surface area contributed by atoms with Gasteiger partial charge in [-0.2, -0.15) is 0 Å². The Morgan fingerprint density at radius 1 is 1.27 bits per heavy atom. The normalized spacial score (nSPS) is 35.2. The summed E-state index contributed by atoms with van der Waals surface area (Å²) in [5, 5.41) is 3.76. The molecule has 1 rings (SSSR count). The third-order valence-corrected chi connectivity index (χ3v) is 3.30. The van der Waals surface area contributed by atoms with Crippen LogP contribution in [0.2, 0.25) is 0 Å². The van der Waals surface area contributed by atoms with Crippen LogP contribution in [-0.4, -0.2) is 18.5 Å². The zero-order valence-electron chi connectivity index (χ0n) is 7.44. The molecule has 11 heavy (non-hydrogen) atoms. The highest BCUT2D eigenvalue weighted by molar-refractivity contribution is 6.20. The van der Waals surface area contributed by atoms with Crippen molar-refractivity contribution < 1.29 is 0 Å². The predicted octanol–water partition coefficient (Wildman–Crippen LogP) is 2.39. The molecule has 1 N–H and O–H groups in total. The van der Waals surface area contributed by atoms with E-state index in [1.807, 2.05) is 7.05 Å². The van der Waals surface area contributed by atoms with Crippen molar-refractivity contribution in [2.45, 2.75) is 44.0 Å². The molecule has 0 aromatic rings. The molecule has 0 heterocycles. The third-order valence-electron chi connectivity index (χ3n) is 2.86. The average molecular weight is 176 g/mol. The van der Waals surface area contributed by atoms with Gasteiger partial charge in [-0.05, 0) is 45.6 Å². The second-order valence-electron chi connectivity index (χ2n) is 3.59. The van der Waals surface area contributed by atoms with Gasteiger partial charge >= 0.3 is 0 Å². The summed E-state index contributed by atoms with van der Waals surface area (Å²) in [4.78, 5) is 0. The Balaban J connectivity index is 2.27. The molecule has 0 saturated heterocycles. The molecule has 2 heteroatoms. The van der Waals surface area contributed by atoms with Gasteiger partial charge in [0, 0.05) is 11.4 Å². The molecule has 1 fully saturated rings. The van der Waals surface area contributed by atoms with Gasteiger partial charge in [-0.1, -0.05) is 0 Å². The molecular weight excluding hydrogens is 158 g/mol. The van der Waals surface area contributed by atoms with Crippen LogP contribution in [0, 0.1) is 5.92 Å². The summed E-state index contributed by atoms with van der Waals surface area (Å²) in [6, 6.07) is 0.666. The quantitative estimate of drug-likeness (QED) is 0.636. The highest BCUT2D eigenvalue weighted by Crippen LogP contribution is 2.29. The molecule has 1 aliphatic rings. The van der Waals surface area contributed by atoms with Crippen molar-refractivity contribution in [3.8, 4) is 0 Å². The lowest BCUT2D eigenvalue weighted by atomic mass is 9.84. The van der Waals surface area contributed by atoms with Crippen LogP contribution in [0.25, 0.3) is 0 Å². The molecule has 1 saturated carbocycles. The summed E-state index contributed by atoms with van der Waals surface area (Å²) in [6.45, 7) is 2.26. The highest BCUT2D eigenvalue weighted by atomic mass is 35.5. The van der Waals surface area contributed by atoms with E-state index in [9.17, 15) is 0 Å². The van der Waals surface area contributed by atoms with Crippen LogP contribution in [0.4, 0.5) is 0 Å². The van der Waals surface area contributed by atoms with Gasteiger partial charge in [0.15, 0.2) is 0 Å². The molecule has 0 spiro atoms. The van der Waals surface area contributed by atoms with Gasteiger partial charge in [-0.15, -0.1) is 11.6 Å². The molecule has 1 nitrogen and oxygen atoms in total. The maximum atomic E-state index is 6.01. The lowest BCUT2D eigenvalue weighted by Crippen LogP contribution is -2.33. The first kappa shape index (κ1) is 9.34. The lowest BCUT2D eigenvalue weighted by Gasteiger charge is -2.29. The number of hydrogen-bond acceptors (Lipinski definition) is 1. The van der Waals surface area contributed by atoms with E-state index >= 15 is 0 Å². The van der Waals surface area contributed by atoms with Crippen LogP contribution < -0.4 is 5.32 Å². The van der Waals surface area contributed by atoms with Crippen LogP contribution >= 0.6 is 11.6 Å². The first-order chi connectivity index (χ1) is 5.24. The summed E-state index contributed by atoms with van der Waals surface area (Å²) in [7, 11) is 2.04. The van der Waals surface area contributed by atoms with Crippen molar-refractivity contribution in [3.63, 3.8) is 0 Å². The van der Waals surface area contributed by atoms with E-state index in [4.69, 9.17) is 11.6 Å². The van der Waals surface area contributed by atoms with Crippen molar-refractivity contribution >= 4 is 11.6 Å². The fourth-order valence-corrected chi connectivity index (χ4v) is 2.07. The SMILES string of the molecule is CNC(C)C1CCC(Cl)CC1. The molecule has 1 aliphatic carbocycles. The minimum Gasteiger partial charge on any atom is -0.317 e. The summed E-state index contributed by atoms with van der Waals surface area (Å²) in [5.41, 5.74) is 0. The maximum Gasteiger partial charge on any atom is 0.0336 e. The summed E-state index contributed by atoms with van der Waals surface area (Å²) in [5.74, 6) is 0.856. The van der Waals surface area contributed by atoms with E-state index in [0.29, 0.717) is 11.4 Å². The first-order valence-electron chi connectivity index (χ1n) is 4.55. The van der Waals surface area contributed by atoms with Gasteiger partial charge in [-0.3, -0.25) is 0 Å². The number of halogens is 1. The summed E-state index contributed by atoms with van der Waals surface area (Å²) in [6.07, 6.45) is 5.02. The van der Waals surface area contributed by atoms with E-state index in [1.165, 1.54) is 25.7 Å². The second kappa shape index (κ2) is 4.32. The number of rotatable bonds is 2. The second-order valence-corrected chi connectivity index (χ2v) is 4.21. The van der Waals surface area contributed by atoms with Gasteiger partial charge < -0.3 is 5.32 Å². The van der Waals surface area contributed by atoms with E-state index < -0.39 is 0 Å². The minimum absolute atomic E-state index is 0.454. The van der Waals surface area contributed by atoms with Crippen LogP contribution in [-0.2, 0) is 0 Å². The highest BCUT2D eigenvalue weighted by Gasteiger charge is 2.22. The van der Waals surface area contributed by atoms with Gasteiger partial charge in [0.2, 0.25) is 0 Å². The Bertz CT molecular complexity index is 108. The molecule has 0 bridgehead atoms. The van der Waals surface area contributed by atoms with Crippen molar-refractivity contribution in [1.29, 1.82) is 0 Å². The molecule has 0 aliphatic heterocycles. The zero-order chi connectivity index (χ0) is 8.27. The largest absolute Gasteiger partial charge is 0.317 e. The smallest absolute Gasteiger partial charge is 0.0336 e. The Morgan fingerprint density at radius 2 is 1.82 bits per heavy atom. The van der Waals surface area contributed by atoms with E-state index in [0.717, 1.165) is 5.92 Å². The molecule has 66 valence electrons. The van der Waals surface area contributed by atoms with Crippen molar-refractivity contribution in [1.82, 2.24) is 5.32 Å². The molecule has 0 radical (unpaired) electrons. The Hall–Kier alpha value is 0.250. The van der Waals surface area contributed by atoms with E-state index in [1.54, 1.807) is 0 Å². The topological polar surface area (TPSA) is 12.0 Å². The van der Waals surface area contributed by atoms with Gasteiger partial charge in [0.05, 0.1) is 0 Å². The molecule has 1 atom stereocenters. The van der Waals surface area contributed by atoms with E-state index in [2.05, 4.69) is 12.2 Å². The van der Waals surface area contributed by atoms with Gasteiger partial charge in [0.25, 0.3) is 0 Å². The van der Waals surface area contributed by atoms with Crippen LogP contribution in [0.1, 0.15) is 32.6 Å². The standard InChI is InChI=1S/C9H18ClN/c1-7(11-2)8-3-5-9(10)6-4-8/h7-9,11H,3-6H2,1-2H3. The monoisotopic (exact) mass is 175 g/mol. The van der Waals surface area contributed by atoms with Crippen molar-refractivity contribution in [2.75, 3.05) is 7.05 Å². The Morgan fingerprint density at radius 3 is 2.27 bits per heavy atom. The summed E-state index contributed by atoms with van der Waals surface area (Å²) >= 11 is 6.01. The van der Waals surface area contributed by atoms with Gasteiger partial charge in [-0.25, -0.2) is 0 Å². The van der Waals surface area contributed by atoms with Crippen LogP contribution in [0.3, 0.4) is 0 Å². The average Bonchev–Trinajstić information content (AvgIpc) is 2.05. The van der Waals surface area contributed by atoms with Crippen LogP contribution in [0.15, 0.2) is 0 Å². The Kier molecular flexibility index (Phi) is 3.67. The number of nitrogens with one attached hydrogen (secondary N) is 1. The predicted molar refractivity (Wildman–Crippen MR) is 50.1 cm³/mol. The molecule has 0 amide bonds. The maximum absolute atomic E-state index is 6.01. The van der Waals surface area contributed by atoms with Crippen molar-refractivity contribution in [2.24, 2.45) is 5.92 Å². The first-order valence-corrected chi connectivity index (χ1v) is 4.99. The minimum atomic E-state index is 0.454. The fourth-order valence-electron chi connectivity index (χ4n) is 1.81. The molecule has 0 aromatic carbocycles. The van der Waals surface area contributed by atoms with Crippen molar-refractivity contribution in [3.05, 3.63) is 0 Å². The molecule has 1 unspecified atom stereocenters. The van der Waals surface area contributed by atoms with Gasteiger partial charge in [0.1, 0.15) is 0 Å². The zero-order valence-corrected chi connectivity index (χ0v) is 8.19. The third kappa shape index (κ3) is 2.64. The number of alkyl halides is 1. The molecule has 0 aromatic heterocycles. The van der Waals surface area contributed by atoms with Crippen LogP contribution in [0.5, 0.6) is 0 Å². The Labute approximate surface area is 74.5 Å². The number of hydrogen-bond donors (Lipinski definition) is 1. The van der Waals surface area contributed by atoms with E-state index in [-0.39, 0.29) is 0 Å². The lowest BCUT2D eigenvalue weighted by molar-refractivity contribution is 0.294.